The van der Waals surface area contributed by atoms with Gasteiger partial charge in [0.1, 0.15) is 24.5 Å². The van der Waals surface area contributed by atoms with Gasteiger partial charge in [-0.2, -0.15) is 5.26 Å². The second-order valence-corrected chi connectivity index (χ2v) is 7.03. The molecule has 3 rings (SSSR count). The normalized spacial score (nSPS) is 21.3. The lowest BCUT2D eigenvalue weighted by Gasteiger charge is -2.19. The van der Waals surface area contributed by atoms with Gasteiger partial charge in [-0.05, 0) is 25.5 Å². The molecule has 1 aromatic heterocycles. The first-order chi connectivity index (χ1) is 14.4. The number of amides is 1. The summed E-state index contributed by atoms with van der Waals surface area (Å²) in [7, 11) is 1.45. The van der Waals surface area contributed by atoms with Crippen molar-refractivity contribution >= 4 is 16.7 Å². The summed E-state index contributed by atoms with van der Waals surface area (Å²) < 4.78 is 25.2. The van der Waals surface area contributed by atoms with E-state index in [1.165, 1.54) is 13.3 Å². The van der Waals surface area contributed by atoms with Crippen LogP contribution in [0.3, 0.4) is 0 Å². The van der Waals surface area contributed by atoms with Gasteiger partial charge in [0.05, 0.1) is 24.3 Å². The first kappa shape index (κ1) is 21.4. The monoisotopic (exact) mass is 411 g/mol. The Hall–Kier alpha value is -3.36. The Labute approximate surface area is 173 Å². The number of hydrogen-bond donors (Lipinski definition) is 2. The molecule has 0 aliphatic carbocycles. The Morgan fingerprint density at radius 2 is 2.13 bits per heavy atom. The van der Waals surface area contributed by atoms with Crippen LogP contribution in [0.5, 0.6) is 11.6 Å². The van der Waals surface area contributed by atoms with Crippen LogP contribution in [0.4, 0.5) is 4.39 Å². The van der Waals surface area contributed by atoms with Gasteiger partial charge in [-0.25, -0.2) is 9.37 Å². The molecule has 1 aliphatic rings. The molecule has 1 aliphatic heterocycles. The Morgan fingerprint density at radius 3 is 2.77 bits per heavy atom. The molecule has 2 aromatic rings. The smallest absolute Gasteiger partial charge is 0.255 e. The lowest BCUT2D eigenvalue weighted by atomic mass is 9.97. The van der Waals surface area contributed by atoms with E-state index in [9.17, 15) is 19.6 Å². The largest absolute Gasteiger partial charge is 0.495 e. The summed E-state index contributed by atoms with van der Waals surface area (Å²) in [5.74, 6) is 5.01. The minimum Gasteiger partial charge on any atom is -0.495 e. The van der Waals surface area contributed by atoms with E-state index < -0.39 is 30.1 Å². The summed E-state index contributed by atoms with van der Waals surface area (Å²) in [6.45, 7) is 3.41. The van der Waals surface area contributed by atoms with Crippen molar-refractivity contribution in [3.8, 4) is 29.5 Å². The quantitative estimate of drug-likeness (QED) is 0.730. The molecule has 1 fully saturated rings. The van der Waals surface area contributed by atoms with Crippen molar-refractivity contribution in [2.75, 3.05) is 13.7 Å². The summed E-state index contributed by atoms with van der Waals surface area (Å²) in [5, 5.41) is 22.7. The molecule has 0 radical (unpaired) electrons. The number of aliphatic hydroxyl groups is 1. The van der Waals surface area contributed by atoms with E-state index in [1.807, 2.05) is 6.92 Å². The predicted molar refractivity (Wildman–Crippen MR) is 108 cm³/mol. The summed E-state index contributed by atoms with van der Waals surface area (Å²) in [5.41, 5.74) is 0.832. The fourth-order valence-electron chi connectivity index (χ4n) is 3.49. The van der Waals surface area contributed by atoms with Gasteiger partial charge >= 0.3 is 0 Å². The first-order valence-electron chi connectivity index (χ1n) is 9.57. The molecule has 0 saturated carbocycles. The van der Waals surface area contributed by atoms with Crippen molar-refractivity contribution in [3.05, 3.63) is 29.5 Å². The van der Waals surface area contributed by atoms with Gasteiger partial charge in [0, 0.05) is 22.9 Å². The van der Waals surface area contributed by atoms with Crippen LogP contribution in [-0.4, -0.2) is 48.0 Å². The van der Waals surface area contributed by atoms with E-state index >= 15 is 0 Å². The van der Waals surface area contributed by atoms with Crippen molar-refractivity contribution in [2.45, 2.75) is 38.6 Å². The Kier molecular flexibility index (Phi) is 6.39. The number of nitrogens with zero attached hydrogens (tertiary/aromatic N) is 2. The molecule has 2 heterocycles. The molecule has 156 valence electrons. The van der Waals surface area contributed by atoms with Crippen molar-refractivity contribution in [3.63, 3.8) is 0 Å². The third kappa shape index (κ3) is 4.14. The number of benzene rings is 1. The Morgan fingerprint density at radius 1 is 1.37 bits per heavy atom. The number of methoxy groups -OCH3 is 1. The molecule has 1 aromatic carbocycles. The number of hydrogen-bond acceptors (Lipinski definition) is 6. The van der Waals surface area contributed by atoms with Crippen molar-refractivity contribution in [1.29, 1.82) is 5.26 Å². The fraction of sp³-hybridized carbons (Fsp3) is 0.409. The number of nitrogens with one attached hydrogen (secondary N) is 1. The minimum atomic E-state index is -1.55. The number of alkyl halides is 1. The van der Waals surface area contributed by atoms with E-state index in [0.29, 0.717) is 34.1 Å². The maximum atomic E-state index is 14.0. The van der Waals surface area contributed by atoms with E-state index in [1.54, 1.807) is 19.1 Å². The second kappa shape index (κ2) is 8.98. The highest BCUT2D eigenvalue weighted by Gasteiger charge is 2.41. The molecule has 0 spiro atoms. The van der Waals surface area contributed by atoms with Crippen LogP contribution < -0.4 is 14.8 Å². The topological polar surface area (TPSA) is 104 Å². The maximum Gasteiger partial charge on any atom is 0.255 e. The van der Waals surface area contributed by atoms with Crippen LogP contribution in [0.1, 0.15) is 31.4 Å². The van der Waals surface area contributed by atoms with Gasteiger partial charge in [0.15, 0.2) is 6.17 Å². The van der Waals surface area contributed by atoms with Crippen LogP contribution >= 0.6 is 0 Å². The standard InChI is InChI=1S/C22H22FN3O4/c1-4-15-18(26-21(28)20(15)23)11-30-22-17-8-19(29-3)14(9-24)7-16(17)13(10-25-22)6-5-12(2)27/h7-8,10,12,15,18,20,27H,4,11H2,1-3H3,(H,26,28)/t12-,15+,18-,20+/m1/s1. The average molecular weight is 411 g/mol. The third-order valence-corrected chi connectivity index (χ3v) is 5.05. The maximum absolute atomic E-state index is 14.0. The molecule has 30 heavy (non-hydrogen) atoms. The molecular weight excluding hydrogens is 389 g/mol. The van der Waals surface area contributed by atoms with Crippen molar-refractivity contribution in [2.24, 2.45) is 5.92 Å². The number of ether oxygens (including phenoxy) is 2. The van der Waals surface area contributed by atoms with Crippen molar-refractivity contribution in [1.82, 2.24) is 10.3 Å². The average Bonchev–Trinajstić information content (AvgIpc) is 3.02. The molecule has 1 amide bonds. The summed E-state index contributed by atoms with van der Waals surface area (Å²) in [4.78, 5) is 16.0. The van der Waals surface area contributed by atoms with Gasteiger partial charge in [-0.3, -0.25) is 4.79 Å². The van der Waals surface area contributed by atoms with E-state index in [4.69, 9.17) is 9.47 Å². The molecule has 1 saturated heterocycles. The number of rotatable bonds is 5. The van der Waals surface area contributed by atoms with Gasteiger partial charge < -0.3 is 19.9 Å². The number of carbonyl (C=O) groups is 1. The number of aliphatic hydroxyl groups excluding tert-OH is 1. The molecule has 4 atom stereocenters. The van der Waals surface area contributed by atoms with Crippen LogP contribution in [0, 0.1) is 29.1 Å². The first-order valence-corrected chi connectivity index (χ1v) is 9.57. The number of nitriles is 1. The van der Waals surface area contributed by atoms with Crippen molar-refractivity contribution < 1.29 is 23.8 Å². The third-order valence-electron chi connectivity index (χ3n) is 5.05. The summed E-state index contributed by atoms with van der Waals surface area (Å²) >= 11 is 0. The van der Waals surface area contributed by atoms with Crippen LogP contribution in [-0.2, 0) is 4.79 Å². The zero-order valence-corrected chi connectivity index (χ0v) is 16.9. The van der Waals surface area contributed by atoms with Gasteiger partial charge in [0.2, 0.25) is 5.88 Å². The molecule has 8 heteroatoms. The predicted octanol–water partition coefficient (Wildman–Crippen LogP) is 2.09. The number of fused-ring (bicyclic) bond motifs is 1. The minimum absolute atomic E-state index is 0.0494. The fourth-order valence-corrected chi connectivity index (χ4v) is 3.49. The van der Waals surface area contributed by atoms with Gasteiger partial charge in [-0.15, -0.1) is 0 Å². The van der Waals surface area contributed by atoms with Crippen LogP contribution in [0.2, 0.25) is 0 Å². The zero-order chi connectivity index (χ0) is 21.8. The van der Waals surface area contributed by atoms with Crippen LogP contribution in [0.15, 0.2) is 18.3 Å². The molecule has 0 unspecified atom stereocenters. The Bertz CT molecular complexity index is 1070. The second-order valence-electron chi connectivity index (χ2n) is 7.03. The molecule has 2 N–H and O–H groups in total. The Balaban J connectivity index is 2.01. The lowest BCUT2D eigenvalue weighted by Crippen LogP contribution is -2.34. The molecular formula is C22H22FN3O4. The highest BCUT2D eigenvalue weighted by Crippen LogP contribution is 2.33. The van der Waals surface area contributed by atoms with Gasteiger partial charge in [-0.1, -0.05) is 18.8 Å². The van der Waals surface area contributed by atoms with E-state index in [-0.39, 0.29) is 12.5 Å². The zero-order valence-electron chi connectivity index (χ0n) is 16.9. The molecule has 7 nitrogen and oxygen atoms in total. The number of aromatic nitrogens is 1. The highest BCUT2D eigenvalue weighted by molar-refractivity contribution is 5.94. The van der Waals surface area contributed by atoms with Gasteiger partial charge in [0.25, 0.3) is 5.91 Å². The highest BCUT2D eigenvalue weighted by atomic mass is 19.1. The molecule has 0 bridgehead atoms. The lowest BCUT2D eigenvalue weighted by molar-refractivity contribution is -0.123. The summed E-state index contributed by atoms with van der Waals surface area (Å²) in [6, 6.07) is 4.86. The van der Waals surface area contributed by atoms with Crippen LogP contribution in [0.25, 0.3) is 10.8 Å². The summed E-state index contributed by atoms with van der Waals surface area (Å²) in [6.07, 6.45) is -0.390. The number of carbonyl (C=O) groups excluding carboxylic acids is 1. The SMILES string of the molecule is CC[C@@H]1[C@H](F)C(=O)N[C@@H]1COc1ncc(C#C[C@@H](C)O)c2cc(C#N)c(OC)cc12. The number of pyridine rings is 1. The van der Waals surface area contributed by atoms with E-state index in [2.05, 4.69) is 28.2 Å². The van der Waals surface area contributed by atoms with E-state index in [0.717, 1.165) is 0 Å². The number of halogens is 1.